The summed E-state index contributed by atoms with van der Waals surface area (Å²) in [6.07, 6.45) is -0.0606. The number of methoxy groups -OCH3 is 1. The summed E-state index contributed by atoms with van der Waals surface area (Å²) in [6, 6.07) is 15.0. The third-order valence-electron chi connectivity index (χ3n) is 5.18. The van der Waals surface area contributed by atoms with Gasteiger partial charge in [-0.05, 0) is 31.2 Å². The van der Waals surface area contributed by atoms with E-state index in [1.165, 1.54) is 7.11 Å². The van der Waals surface area contributed by atoms with Gasteiger partial charge in [0.1, 0.15) is 11.5 Å². The molecule has 0 spiro atoms. The number of rotatable bonds is 8. The Morgan fingerprint density at radius 3 is 2.50 bits per heavy atom. The van der Waals surface area contributed by atoms with Crippen molar-refractivity contribution < 1.29 is 29.5 Å². The monoisotopic (exact) mass is 436 g/mol. The molecular weight excluding hydrogens is 412 g/mol. The van der Waals surface area contributed by atoms with Gasteiger partial charge >= 0.3 is 0 Å². The van der Waals surface area contributed by atoms with Gasteiger partial charge in [0.2, 0.25) is 0 Å². The number of para-hydroxylation sites is 1. The number of fused-ring (bicyclic) bond motifs is 2. The molecule has 0 saturated carbocycles. The Balaban J connectivity index is 1.69. The fraction of sp³-hybridized carbons (Fsp3) is 0.250. The predicted octanol–water partition coefficient (Wildman–Crippen LogP) is 3.19. The van der Waals surface area contributed by atoms with Gasteiger partial charge in [0, 0.05) is 23.0 Å². The lowest BCUT2D eigenvalue weighted by molar-refractivity contribution is -0.106. The van der Waals surface area contributed by atoms with Gasteiger partial charge in [0.05, 0.1) is 43.0 Å². The molecular formula is C24H24N2O6. The van der Waals surface area contributed by atoms with Crippen LogP contribution in [0.1, 0.15) is 5.69 Å². The van der Waals surface area contributed by atoms with Gasteiger partial charge in [-0.25, -0.2) is 4.98 Å². The molecule has 0 aliphatic carbocycles. The Morgan fingerprint density at radius 2 is 1.75 bits per heavy atom. The molecule has 0 aliphatic heterocycles. The summed E-state index contributed by atoms with van der Waals surface area (Å²) in [7, 11) is 1.51. The van der Waals surface area contributed by atoms with Gasteiger partial charge in [-0.1, -0.05) is 18.2 Å². The Morgan fingerprint density at radius 1 is 0.938 bits per heavy atom. The lowest BCUT2D eigenvalue weighted by Gasteiger charge is -2.19. The maximum atomic E-state index is 9.30. The average Bonchev–Trinajstić information content (AvgIpc) is 2.79. The van der Waals surface area contributed by atoms with E-state index in [2.05, 4.69) is 9.97 Å². The van der Waals surface area contributed by atoms with Gasteiger partial charge in [-0.2, -0.15) is 0 Å². The third kappa shape index (κ3) is 4.43. The molecule has 1 atom stereocenters. The van der Waals surface area contributed by atoms with E-state index in [4.69, 9.17) is 14.2 Å². The van der Waals surface area contributed by atoms with Crippen LogP contribution >= 0.6 is 0 Å². The Kier molecular flexibility index (Phi) is 6.36. The van der Waals surface area contributed by atoms with Crippen molar-refractivity contribution in [3.05, 3.63) is 60.4 Å². The third-order valence-corrected chi connectivity index (χ3v) is 5.18. The summed E-state index contributed by atoms with van der Waals surface area (Å²) in [4.78, 5) is 9.01. The minimum absolute atomic E-state index is 0.103. The Bertz CT molecular complexity index is 1240. The van der Waals surface area contributed by atoms with Crippen LogP contribution in [0.2, 0.25) is 0 Å². The lowest BCUT2D eigenvalue weighted by atomic mass is 10.1. The first kappa shape index (κ1) is 21.8. The lowest BCUT2D eigenvalue weighted by Crippen LogP contribution is -2.29. The zero-order valence-corrected chi connectivity index (χ0v) is 17.7. The molecule has 8 nitrogen and oxygen atoms in total. The number of aromatic nitrogens is 2. The summed E-state index contributed by atoms with van der Waals surface area (Å²) in [5.74, 6) is 1.17. The van der Waals surface area contributed by atoms with Gasteiger partial charge in [-0.15, -0.1) is 0 Å². The first-order valence-electron chi connectivity index (χ1n) is 10.1. The van der Waals surface area contributed by atoms with Gasteiger partial charge in [0.15, 0.2) is 17.8 Å². The largest absolute Gasteiger partial charge is 0.493 e. The van der Waals surface area contributed by atoms with Crippen LogP contribution in [-0.2, 0) is 0 Å². The molecule has 3 N–H and O–H groups in total. The summed E-state index contributed by atoms with van der Waals surface area (Å²) >= 11 is 0. The summed E-state index contributed by atoms with van der Waals surface area (Å²) < 4.78 is 17.4. The van der Waals surface area contributed by atoms with E-state index < -0.39 is 18.8 Å². The molecule has 166 valence electrons. The molecule has 2 heterocycles. The standard InChI is InChI=1S/C24H24N2O6/c1-14-21(9-15-5-3-4-6-18(15)26-14)32-20-7-8-25-19-11-23(22(30-2)10-17(19)20)31-13-16(12-27)24(28)29/h3-11,16,24,27-29H,12-13H2,1-2H3. The number of aryl methyl sites for hydroxylation is 1. The topological polar surface area (TPSA) is 114 Å². The van der Waals surface area contributed by atoms with Crippen LogP contribution in [0.15, 0.2) is 54.7 Å². The first-order valence-corrected chi connectivity index (χ1v) is 10.1. The summed E-state index contributed by atoms with van der Waals surface area (Å²) in [5.41, 5.74) is 2.27. The molecule has 4 rings (SSSR count). The van der Waals surface area contributed by atoms with Gasteiger partial charge in [0.25, 0.3) is 0 Å². The molecule has 0 radical (unpaired) electrons. The van der Waals surface area contributed by atoms with E-state index >= 15 is 0 Å². The minimum atomic E-state index is -1.69. The van der Waals surface area contributed by atoms with Crippen molar-refractivity contribution in [1.82, 2.24) is 9.97 Å². The minimum Gasteiger partial charge on any atom is -0.493 e. The molecule has 0 bridgehead atoms. The van der Waals surface area contributed by atoms with Crippen LogP contribution < -0.4 is 14.2 Å². The number of ether oxygens (including phenoxy) is 3. The zero-order valence-electron chi connectivity index (χ0n) is 17.7. The molecule has 0 amide bonds. The van der Waals surface area contributed by atoms with E-state index in [0.717, 1.165) is 16.6 Å². The first-order chi connectivity index (χ1) is 15.5. The number of aliphatic hydroxyl groups is 3. The van der Waals surface area contributed by atoms with E-state index in [1.54, 1.807) is 24.4 Å². The van der Waals surface area contributed by atoms with Crippen LogP contribution in [0.4, 0.5) is 0 Å². The quantitative estimate of drug-likeness (QED) is 0.361. The number of aliphatic hydroxyl groups excluding tert-OH is 2. The number of pyridine rings is 2. The highest BCUT2D eigenvalue weighted by Gasteiger charge is 2.19. The van der Waals surface area contributed by atoms with Crippen molar-refractivity contribution in [2.45, 2.75) is 13.2 Å². The van der Waals surface area contributed by atoms with Crippen molar-refractivity contribution >= 4 is 21.8 Å². The number of benzene rings is 2. The van der Waals surface area contributed by atoms with Crippen molar-refractivity contribution in [3.8, 4) is 23.0 Å². The molecule has 8 heteroatoms. The smallest absolute Gasteiger partial charge is 0.163 e. The number of nitrogens with zero attached hydrogens (tertiary/aromatic N) is 2. The van der Waals surface area contributed by atoms with Crippen molar-refractivity contribution in [2.75, 3.05) is 20.3 Å². The van der Waals surface area contributed by atoms with Crippen molar-refractivity contribution in [2.24, 2.45) is 5.92 Å². The molecule has 2 aromatic carbocycles. The highest BCUT2D eigenvalue weighted by molar-refractivity contribution is 5.88. The molecule has 4 aromatic rings. The average molecular weight is 436 g/mol. The molecule has 0 aliphatic rings. The molecule has 0 saturated heterocycles. The number of hydrogen-bond acceptors (Lipinski definition) is 8. The summed E-state index contributed by atoms with van der Waals surface area (Å²) in [6.45, 7) is 1.36. The summed E-state index contributed by atoms with van der Waals surface area (Å²) in [5, 5.41) is 29.6. The maximum absolute atomic E-state index is 9.30. The zero-order chi connectivity index (χ0) is 22.7. The molecule has 0 fully saturated rings. The van der Waals surface area contributed by atoms with Crippen LogP contribution in [-0.4, -0.2) is 51.9 Å². The normalized spacial score (nSPS) is 12.3. The van der Waals surface area contributed by atoms with Gasteiger partial charge in [-0.3, -0.25) is 4.98 Å². The van der Waals surface area contributed by atoms with E-state index in [-0.39, 0.29) is 6.61 Å². The predicted molar refractivity (Wildman–Crippen MR) is 119 cm³/mol. The number of hydrogen-bond donors (Lipinski definition) is 3. The highest BCUT2D eigenvalue weighted by Crippen LogP contribution is 2.38. The van der Waals surface area contributed by atoms with Crippen LogP contribution in [0.3, 0.4) is 0 Å². The Labute approximate surface area is 184 Å². The van der Waals surface area contributed by atoms with Gasteiger partial charge < -0.3 is 29.5 Å². The fourth-order valence-corrected chi connectivity index (χ4v) is 3.33. The second kappa shape index (κ2) is 9.35. The van der Waals surface area contributed by atoms with Crippen molar-refractivity contribution in [3.63, 3.8) is 0 Å². The highest BCUT2D eigenvalue weighted by atomic mass is 16.5. The molecule has 1 unspecified atom stereocenters. The van der Waals surface area contributed by atoms with Crippen LogP contribution in [0, 0.1) is 12.8 Å². The van der Waals surface area contributed by atoms with Crippen LogP contribution in [0.5, 0.6) is 23.0 Å². The molecule has 2 aromatic heterocycles. The van der Waals surface area contributed by atoms with Crippen LogP contribution in [0.25, 0.3) is 21.8 Å². The SMILES string of the molecule is COc1cc2c(Oc3cc4ccccc4nc3C)ccnc2cc1OCC(CO)C(O)O. The molecule has 32 heavy (non-hydrogen) atoms. The second-order valence-electron chi connectivity index (χ2n) is 7.36. The van der Waals surface area contributed by atoms with E-state index in [0.29, 0.717) is 33.9 Å². The Hall–Kier alpha value is -3.46. The van der Waals surface area contributed by atoms with Crippen molar-refractivity contribution in [1.29, 1.82) is 0 Å². The maximum Gasteiger partial charge on any atom is 0.163 e. The fourth-order valence-electron chi connectivity index (χ4n) is 3.33. The van der Waals surface area contributed by atoms with E-state index in [1.807, 2.05) is 37.3 Å². The second-order valence-corrected chi connectivity index (χ2v) is 7.36. The van der Waals surface area contributed by atoms with E-state index in [9.17, 15) is 15.3 Å².